The Balaban J connectivity index is 0.000000704. The van der Waals surface area contributed by atoms with Crippen molar-refractivity contribution in [1.82, 2.24) is 0 Å². The van der Waals surface area contributed by atoms with Crippen molar-refractivity contribution < 1.29 is 0 Å². The zero-order chi connectivity index (χ0) is 14.7. The highest BCUT2D eigenvalue weighted by molar-refractivity contribution is 5.81. The van der Waals surface area contributed by atoms with E-state index in [0.29, 0.717) is 17.8 Å². The largest absolute Gasteiger partial charge is 0.106 e. The summed E-state index contributed by atoms with van der Waals surface area (Å²) in [7, 11) is 0. The summed E-state index contributed by atoms with van der Waals surface area (Å²) in [5.74, 6) is 1.92. The van der Waals surface area contributed by atoms with Gasteiger partial charge < -0.3 is 0 Å². The summed E-state index contributed by atoms with van der Waals surface area (Å²) in [5.41, 5.74) is 5.73. The molecule has 0 heterocycles. The van der Waals surface area contributed by atoms with Crippen LogP contribution in [0.4, 0.5) is 0 Å². The first-order valence-corrected chi connectivity index (χ1v) is 7.33. The van der Waals surface area contributed by atoms with Crippen LogP contribution < -0.4 is 0 Å². The lowest BCUT2D eigenvalue weighted by atomic mass is 9.66. The van der Waals surface area contributed by atoms with E-state index in [2.05, 4.69) is 70.0 Å². The molecule has 0 fully saturated rings. The Bertz CT molecular complexity index is 559. The minimum Gasteiger partial charge on any atom is -0.106 e. The van der Waals surface area contributed by atoms with E-state index in [1.165, 1.54) is 28.7 Å². The Morgan fingerprint density at radius 1 is 1.15 bits per heavy atom. The van der Waals surface area contributed by atoms with E-state index in [1.807, 2.05) is 6.08 Å². The van der Waals surface area contributed by atoms with Gasteiger partial charge in [0, 0.05) is 5.92 Å². The molecule has 0 aliphatic heterocycles. The Labute approximate surface area is 123 Å². The summed E-state index contributed by atoms with van der Waals surface area (Å²) in [6, 6.07) is 8.80. The highest BCUT2D eigenvalue weighted by Crippen LogP contribution is 2.48. The Morgan fingerprint density at radius 2 is 1.85 bits per heavy atom. The van der Waals surface area contributed by atoms with Crippen molar-refractivity contribution in [2.45, 2.75) is 26.2 Å². The molecule has 0 bridgehead atoms. The molecule has 104 valence electrons. The number of rotatable bonds is 1. The molecular formula is C20H24. The summed E-state index contributed by atoms with van der Waals surface area (Å²) in [6.45, 7) is 14.6. The maximum atomic E-state index is 4.01. The average molecular weight is 264 g/mol. The molecule has 0 nitrogen and oxygen atoms in total. The molecule has 3 rings (SSSR count). The number of fused-ring (bicyclic) bond motifs is 3. The monoisotopic (exact) mass is 264 g/mol. The fraction of sp³-hybridized carbons (Fsp3) is 0.300. The molecule has 1 aromatic rings. The molecule has 20 heavy (non-hydrogen) atoms. The van der Waals surface area contributed by atoms with E-state index in [0.717, 1.165) is 0 Å². The third-order valence-electron chi connectivity index (χ3n) is 4.50. The zero-order valence-electron chi connectivity index (χ0n) is 12.6. The first kappa shape index (κ1) is 14.6. The standard InChI is InChI=1S/C18H20.C2H4/c1-4-14-13(3)18-11-12(2)9-10-17(18)16-8-6-5-7-15(14)16;1-2/h4-10,12,17-18H,1,11H2,2-3H3;1-2H2. The van der Waals surface area contributed by atoms with Crippen LogP contribution in [-0.2, 0) is 0 Å². The van der Waals surface area contributed by atoms with E-state index in [-0.39, 0.29) is 0 Å². The number of allylic oxidation sites excluding steroid dienone is 5. The van der Waals surface area contributed by atoms with Gasteiger partial charge in [0.2, 0.25) is 0 Å². The van der Waals surface area contributed by atoms with Crippen molar-refractivity contribution in [2.24, 2.45) is 11.8 Å². The third-order valence-corrected chi connectivity index (χ3v) is 4.50. The molecule has 0 saturated heterocycles. The second kappa shape index (κ2) is 6.09. The molecule has 0 amide bonds. The van der Waals surface area contributed by atoms with E-state index < -0.39 is 0 Å². The Hall–Kier alpha value is -1.82. The molecule has 1 aromatic carbocycles. The average Bonchev–Trinajstić information content (AvgIpc) is 2.50. The lowest BCUT2D eigenvalue weighted by Gasteiger charge is -2.38. The number of benzene rings is 1. The van der Waals surface area contributed by atoms with Gasteiger partial charge in [-0.15, -0.1) is 13.2 Å². The van der Waals surface area contributed by atoms with Crippen molar-refractivity contribution in [3.8, 4) is 0 Å². The quantitative estimate of drug-likeness (QED) is 0.566. The topological polar surface area (TPSA) is 0 Å². The molecular weight excluding hydrogens is 240 g/mol. The van der Waals surface area contributed by atoms with Crippen molar-refractivity contribution in [2.75, 3.05) is 0 Å². The highest BCUT2D eigenvalue weighted by atomic mass is 14.4. The van der Waals surface area contributed by atoms with Crippen LogP contribution >= 0.6 is 0 Å². The Morgan fingerprint density at radius 3 is 2.55 bits per heavy atom. The van der Waals surface area contributed by atoms with Crippen LogP contribution in [0.3, 0.4) is 0 Å². The van der Waals surface area contributed by atoms with E-state index >= 15 is 0 Å². The van der Waals surface area contributed by atoms with Crippen LogP contribution in [0, 0.1) is 11.8 Å². The first-order valence-electron chi connectivity index (χ1n) is 7.33. The molecule has 2 aliphatic rings. The van der Waals surface area contributed by atoms with Crippen molar-refractivity contribution in [3.63, 3.8) is 0 Å². The van der Waals surface area contributed by atoms with Crippen LogP contribution in [0.1, 0.15) is 37.3 Å². The van der Waals surface area contributed by atoms with Gasteiger partial charge in [-0.25, -0.2) is 0 Å². The second-order valence-corrected chi connectivity index (χ2v) is 5.62. The molecule has 0 heteroatoms. The minimum atomic E-state index is 0.570. The second-order valence-electron chi connectivity index (χ2n) is 5.62. The molecule has 2 aliphatic carbocycles. The molecule has 0 radical (unpaired) electrons. The van der Waals surface area contributed by atoms with Crippen molar-refractivity contribution in [3.05, 3.63) is 78.9 Å². The van der Waals surface area contributed by atoms with Crippen LogP contribution in [0.5, 0.6) is 0 Å². The van der Waals surface area contributed by atoms with Crippen LogP contribution in [0.25, 0.3) is 5.57 Å². The zero-order valence-corrected chi connectivity index (χ0v) is 12.6. The predicted octanol–water partition coefficient (Wildman–Crippen LogP) is 5.76. The third kappa shape index (κ3) is 2.31. The Kier molecular flexibility index (Phi) is 4.44. The van der Waals surface area contributed by atoms with Crippen molar-refractivity contribution in [1.29, 1.82) is 0 Å². The molecule has 3 atom stereocenters. The molecule has 0 spiro atoms. The lowest BCUT2D eigenvalue weighted by molar-refractivity contribution is 0.424. The predicted molar refractivity (Wildman–Crippen MR) is 89.6 cm³/mol. The van der Waals surface area contributed by atoms with Crippen LogP contribution in [0.2, 0.25) is 0 Å². The summed E-state index contributed by atoms with van der Waals surface area (Å²) in [5, 5.41) is 0. The molecule has 0 N–H and O–H groups in total. The maximum absolute atomic E-state index is 4.01. The van der Waals surface area contributed by atoms with Crippen LogP contribution in [0.15, 0.2) is 67.8 Å². The summed E-state index contributed by atoms with van der Waals surface area (Å²) < 4.78 is 0. The molecule has 3 unspecified atom stereocenters. The first-order chi connectivity index (χ1) is 9.72. The van der Waals surface area contributed by atoms with Gasteiger partial charge >= 0.3 is 0 Å². The van der Waals surface area contributed by atoms with Gasteiger partial charge in [-0.2, -0.15) is 0 Å². The van der Waals surface area contributed by atoms with Gasteiger partial charge in [0.1, 0.15) is 0 Å². The van der Waals surface area contributed by atoms with Gasteiger partial charge in [0.25, 0.3) is 0 Å². The van der Waals surface area contributed by atoms with Gasteiger partial charge in [0.05, 0.1) is 0 Å². The summed E-state index contributed by atoms with van der Waals surface area (Å²) >= 11 is 0. The number of hydrogen-bond acceptors (Lipinski definition) is 0. The fourth-order valence-electron chi connectivity index (χ4n) is 3.55. The van der Waals surface area contributed by atoms with Gasteiger partial charge in [-0.05, 0) is 41.9 Å². The lowest BCUT2D eigenvalue weighted by Crippen LogP contribution is -2.24. The normalized spacial score (nSPS) is 27.0. The smallest absolute Gasteiger partial charge is 0.00901 e. The SMILES string of the molecule is C=C.C=CC1=C(C)C2CC(C)C=CC2c2ccccc21. The van der Waals surface area contributed by atoms with Gasteiger partial charge in [-0.3, -0.25) is 0 Å². The molecule has 0 aromatic heterocycles. The maximum Gasteiger partial charge on any atom is 0.00901 e. The summed E-state index contributed by atoms with van der Waals surface area (Å²) in [6.07, 6.45) is 8.09. The summed E-state index contributed by atoms with van der Waals surface area (Å²) in [4.78, 5) is 0. The van der Waals surface area contributed by atoms with Gasteiger partial charge in [0.15, 0.2) is 0 Å². The van der Waals surface area contributed by atoms with E-state index in [1.54, 1.807) is 0 Å². The van der Waals surface area contributed by atoms with Crippen LogP contribution in [-0.4, -0.2) is 0 Å². The van der Waals surface area contributed by atoms with Crippen molar-refractivity contribution >= 4 is 5.57 Å². The minimum absolute atomic E-state index is 0.570. The van der Waals surface area contributed by atoms with Gasteiger partial charge in [-0.1, -0.05) is 61.6 Å². The van der Waals surface area contributed by atoms with E-state index in [9.17, 15) is 0 Å². The van der Waals surface area contributed by atoms with E-state index in [4.69, 9.17) is 0 Å². The highest BCUT2D eigenvalue weighted by Gasteiger charge is 2.33. The molecule has 0 saturated carbocycles. The number of hydrogen-bond donors (Lipinski definition) is 0. The fourth-order valence-corrected chi connectivity index (χ4v) is 3.55.